The molecule has 0 atom stereocenters. The van der Waals surface area contributed by atoms with Gasteiger partial charge in [0.1, 0.15) is 0 Å². The molecule has 0 bridgehead atoms. The number of hydrogen-bond donors (Lipinski definition) is 1. The zero-order valence-corrected chi connectivity index (χ0v) is 14.7. The monoisotopic (exact) mass is 323 g/mol. The van der Waals surface area contributed by atoms with Crippen LogP contribution in [0.15, 0.2) is 60.7 Å². The van der Waals surface area contributed by atoms with Crippen LogP contribution in [-0.2, 0) is 17.6 Å². The topological polar surface area (TPSA) is 29.1 Å². The summed E-state index contributed by atoms with van der Waals surface area (Å²) in [6, 6.07) is 20.9. The predicted octanol–water partition coefficient (Wildman–Crippen LogP) is 4.78. The van der Waals surface area contributed by atoms with E-state index in [9.17, 15) is 4.79 Å². The van der Waals surface area contributed by atoms with Crippen molar-refractivity contribution in [1.82, 2.24) is 5.32 Å². The molecule has 0 saturated heterocycles. The summed E-state index contributed by atoms with van der Waals surface area (Å²) >= 11 is 0. The fourth-order valence-corrected chi connectivity index (χ4v) is 2.91. The average Bonchev–Trinajstić information content (AvgIpc) is 2.63. The van der Waals surface area contributed by atoms with Gasteiger partial charge in [0.25, 0.3) is 0 Å². The van der Waals surface area contributed by atoms with E-state index in [4.69, 9.17) is 0 Å². The van der Waals surface area contributed by atoms with E-state index in [-0.39, 0.29) is 11.8 Å². The first-order valence-electron chi connectivity index (χ1n) is 9.15. The maximum absolute atomic E-state index is 12.5. The molecule has 0 aliphatic carbocycles. The smallest absolute Gasteiger partial charge is 0.223 e. The molecule has 0 fully saturated rings. The fraction of sp³-hybridized carbons (Fsp3) is 0.409. The van der Waals surface area contributed by atoms with E-state index < -0.39 is 0 Å². The Morgan fingerprint density at radius 2 is 1.38 bits per heavy atom. The number of rotatable bonds is 10. The van der Waals surface area contributed by atoms with Gasteiger partial charge < -0.3 is 5.32 Å². The zero-order chi connectivity index (χ0) is 17.0. The third-order valence-corrected chi connectivity index (χ3v) is 4.45. The summed E-state index contributed by atoms with van der Waals surface area (Å²) in [5, 5.41) is 3.12. The number of unbranched alkanes of at least 4 members (excludes halogenated alkanes) is 1. The number of carbonyl (C=O) groups is 1. The van der Waals surface area contributed by atoms with Crippen LogP contribution < -0.4 is 5.32 Å². The molecule has 2 nitrogen and oxygen atoms in total. The Balaban J connectivity index is 1.90. The van der Waals surface area contributed by atoms with Crippen molar-refractivity contribution in [2.24, 2.45) is 5.92 Å². The van der Waals surface area contributed by atoms with Crippen molar-refractivity contribution in [3.05, 3.63) is 71.8 Å². The molecule has 2 aromatic carbocycles. The van der Waals surface area contributed by atoms with Crippen molar-refractivity contribution in [1.29, 1.82) is 0 Å². The lowest BCUT2D eigenvalue weighted by Gasteiger charge is -2.17. The SMILES string of the molecule is CCCCNC(=O)C(CCc1ccccc1)CCc1ccccc1. The predicted molar refractivity (Wildman–Crippen MR) is 101 cm³/mol. The van der Waals surface area contributed by atoms with Crippen LogP contribution in [0, 0.1) is 5.92 Å². The summed E-state index contributed by atoms with van der Waals surface area (Å²) in [7, 11) is 0. The molecule has 1 N–H and O–H groups in total. The van der Waals surface area contributed by atoms with Crippen LogP contribution in [0.5, 0.6) is 0 Å². The van der Waals surface area contributed by atoms with Gasteiger partial charge in [0.05, 0.1) is 0 Å². The minimum atomic E-state index is 0.0854. The van der Waals surface area contributed by atoms with Crippen LogP contribution in [0.4, 0.5) is 0 Å². The molecule has 1 amide bonds. The Morgan fingerprint density at radius 1 is 0.875 bits per heavy atom. The van der Waals surface area contributed by atoms with E-state index in [1.807, 2.05) is 12.1 Å². The van der Waals surface area contributed by atoms with Crippen molar-refractivity contribution in [2.75, 3.05) is 6.54 Å². The van der Waals surface area contributed by atoms with E-state index in [1.165, 1.54) is 11.1 Å². The summed E-state index contributed by atoms with van der Waals surface area (Å²) in [5.74, 6) is 0.303. The van der Waals surface area contributed by atoms with E-state index in [1.54, 1.807) is 0 Å². The Hall–Kier alpha value is -2.09. The van der Waals surface area contributed by atoms with Gasteiger partial charge >= 0.3 is 0 Å². The van der Waals surface area contributed by atoms with Crippen LogP contribution in [0.25, 0.3) is 0 Å². The Kier molecular flexibility index (Phi) is 8.09. The molecule has 0 saturated carbocycles. The Bertz CT molecular complexity index is 536. The highest BCUT2D eigenvalue weighted by Gasteiger charge is 2.18. The van der Waals surface area contributed by atoms with E-state index in [0.29, 0.717) is 0 Å². The standard InChI is InChI=1S/C22H29NO/c1-2-3-18-23-22(24)21(16-14-19-10-6-4-7-11-19)17-15-20-12-8-5-9-13-20/h4-13,21H,2-3,14-18H2,1H3,(H,23,24). The normalized spacial score (nSPS) is 10.8. The second kappa shape index (κ2) is 10.6. The van der Waals surface area contributed by atoms with E-state index >= 15 is 0 Å². The molecule has 2 aromatic rings. The third kappa shape index (κ3) is 6.57. The molecule has 0 heterocycles. The molecule has 2 rings (SSSR count). The van der Waals surface area contributed by atoms with Gasteiger partial charge in [0.15, 0.2) is 0 Å². The summed E-state index contributed by atoms with van der Waals surface area (Å²) < 4.78 is 0. The van der Waals surface area contributed by atoms with Crippen LogP contribution in [0.2, 0.25) is 0 Å². The summed E-state index contributed by atoms with van der Waals surface area (Å²) in [4.78, 5) is 12.5. The van der Waals surface area contributed by atoms with Gasteiger partial charge in [-0.1, -0.05) is 74.0 Å². The minimum Gasteiger partial charge on any atom is -0.356 e. The molecule has 2 heteroatoms. The highest BCUT2D eigenvalue weighted by Crippen LogP contribution is 2.17. The van der Waals surface area contributed by atoms with Gasteiger partial charge in [-0.05, 0) is 43.2 Å². The second-order valence-electron chi connectivity index (χ2n) is 6.39. The fourth-order valence-electron chi connectivity index (χ4n) is 2.91. The van der Waals surface area contributed by atoms with Gasteiger partial charge in [-0.3, -0.25) is 4.79 Å². The maximum Gasteiger partial charge on any atom is 0.223 e. The van der Waals surface area contributed by atoms with Crippen LogP contribution >= 0.6 is 0 Å². The number of hydrogen-bond acceptors (Lipinski definition) is 1. The lowest BCUT2D eigenvalue weighted by Crippen LogP contribution is -2.32. The van der Waals surface area contributed by atoms with Crippen LogP contribution in [0.3, 0.4) is 0 Å². The molecule has 0 spiro atoms. The minimum absolute atomic E-state index is 0.0854. The highest BCUT2D eigenvalue weighted by molar-refractivity contribution is 5.78. The molecule has 0 aliphatic heterocycles. The quantitative estimate of drug-likeness (QED) is 0.626. The van der Waals surface area contributed by atoms with Gasteiger partial charge in [-0.25, -0.2) is 0 Å². The van der Waals surface area contributed by atoms with Crippen LogP contribution in [0.1, 0.15) is 43.7 Å². The van der Waals surface area contributed by atoms with Gasteiger partial charge in [0.2, 0.25) is 5.91 Å². The van der Waals surface area contributed by atoms with Crippen molar-refractivity contribution >= 4 is 5.91 Å². The maximum atomic E-state index is 12.5. The Labute approximate surface area is 146 Å². The molecular formula is C22H29NO. The molecule has 24 heavy (non-hydrogen) atoms. The van der Waals surface area contributed by atoms with Gasteiger partial charge in [-0.15, -0.1) is 0 Å². The molecule has 0 aromatic heterocycles. The second-order valence-corrected chi connectivity index (χ2v) is 6.39. The summed E-state index contributed by atoms with van der Waals surface area (Å²) in [6.45, 7) is 2.94. The van der Waals surface area contributed by atoms with Crippen molar-refractivity contribution < 1.29 is 4.79 Å². The first-order valence-corrected chi connectivity index (χ1v) is 9.15. The lowest BCUT2D eigenvalue weighted by molar-refractivity contribution is -0.125. The number of aryl methyl sites for hydroxylation is 2. The zero-order valence-electron chi connectivity index (χ0n) is 14.7. The molecule has 0 radical (unpaired) electrons. The van der Waals surface area contributed by atoms with E-state index in [2.05, 4.69) is 60.8 Å². The van der Waals surface area contributed by atoms with Gasteiger partial charge in [-0.2, -0.15) is 0 Å². The molecule has 0 aliphatic rings. The first kappa shape index (κ1) is 18.3. The summed E-state index contributed by atoms with van der Waals surface area (Å²) in [6.07, 6.45) is 5.90. The van der Waals surface area contributed by atoms with Crippen molar-refractivity contribution in [2.45, 2.75) is 45.4 Å². The average molecular weight is 323 g/mol. The molecule has 128 valence electrons. The first-order chi connectivity index (χ1) is 11.8. The number of carbonyl (C=O) groups excluding carboxylic acids is 1. The third-order valence-electron chi connectivity index (χ3n) is 4.45. The number of amides is 1. The van der Waals surface area contributed by atoms with Gasteiger partial charge in [0, 0.05) is 12.5 Å². The van der Waals surface area contributed by atoms with Crippen LogP contribution in [-0.4, -0.2) is 12.5 Å². The van der Waals surface area contributed by atoms with Crippen molar-refractivity contribution in [3.8, 4) is 0 Å². The number of nitrogens with one attached hydrogen (secondary N) is 1. The molecule has 0 unspecified atom stereocenters. The van der Waals surface area contributed by atoms with E-state index in [0.717, 1.165) is 45.1 Å². The largest absolute Gasteiger partial charge is 0.356 e. The molecular weight excluding hydrogens is 294 g/mol. The number of benzene rings is 2. The Morgan fingerprint density at radius 3 is 1.83 bits per heavy atom. The van der Waals surface area contributed by atoms with Crippen molar-refractivity contribution in [3.63, 3.8) is 0 Å². The highest BCUT2D eigenvalue weighted by atomic mass is 16.1. The lowest BCUT2D eigenvalue weighted by atomic mass is 9.92. The summed E-state index contributed by atoms with van der Waals surface area (Å²) in [5.41, 5.74) is 2.62.